The third-order valence-corrected chi connectivity index (χ3v) is 1.25. The minimum absolute atomic E-state index is 0.460. The summed E-state index contributed by atoms with van der Waals surface area (Å²) in [6.45, 7) is 0. The molecule has 4 heteroatoms. The smallest absolute Gasteiger partial charge is 0.132 e. The van der Waals surface area contributed by atoms with Crippen molar-refractivity contribution in [2.24, 2.45) is 0 Å². The first-order valence-corrected chi connectivity index (χ1v) is 3.50. The quantitative estimate of drug-likeness (QED) is 0.547. The van der Waals surface area contributed by atoms with Crippen molar-refractivity contribution in [3.8, 4) is 0 Å². The van der Waals surface area contributed by atoms with E-state index < -0.39 is 0 Å². The van der Waals surface area contributed by atoms with Crippen molar-refractivity contribution in [2.45, 2.75) is 0 Å². The van der Waals surface area contributed by atoms with E-state index in [0.29, 0.717) is 11.0 Å². The van der Waals surface area contributed by atoms with Gasteiger partial charge in [0.05, 0.1) is 5.49 Å². The Morgan fingerprint density at radius 2 is 2.40 bits per heavy atom. The van der Waals surface area contributed by atoms with Gasteiger partial charge in [-0.25, -0.2) is 4.98 Å². The van der Waals surface area contributed by atoms with Crippen LogP contribution in [0.5, 0.6) is 0 Å². The minimum Gasteiger partial charge on any atom is -0.337 e. The van der Waals surface area contributed by atoms with Gasteiger partial charge >= 0.3 is 0 Å². The highest BCUT2D eigenvalue weighted by Gasteiger charge is 1.89. The van der Waals surface area contributed by atoms with E-state index >= 15 is 0 Å². The summed E-state index contributed by atoms with van der Waals surface area (Å²) in [6, 6.07) is 5.29. The summed E-state index contributed by atoms with van der Waals surface area (Å²) in [7, 11) is 0. The van der Waals surface area contributed by atoms with E-state index in [1.54, 1.807) is 18.2 Å². The molecular formula is C6H5ClN2S. The van der Waals surface area contributed by atoms with Crippen molar-refractivity contribution in [1.82, 2.24) is 4.98 Å². The molecule has 1 aromatic heterocycles. The molecule has 1 rings (SSSR count). The first-order chi connectivity index (χ1) is 4.83. The number of rotatable bonds is 2. The number of hydrogen-bond acceptors (Lipinski definition) is 2. The molecule has 0 aliphatic carbocycles. The maximum absolute atomic E-state index is 5.58. The number of halogens is 1. The van der Waals surface area contributed by atoms with Crippen LogP contribution in [0.3, 0.4) is 0 Å². The number of nitrogens with zero attached hydrogens (tertiary/aromatic N) is 1. The molecule has 0 aliphatic heterocycles. The number of nitrogens with one attached hydrogen (secondary N) is 1. The molecular weight excluding hydrogens is 168 g/mol. The maximum Gasteiger partial charge on any atom is 0.132 e. The highest BCUT2D eigenvalue weighted by molar-refractivity contribution is 7.79. The van der Waals surface area contributed by atoms with Crippen LogP contribution in [0.1, 0.15) is 0 Å². The van der Waals surface area contributed by atoms with Crippen molar-refractivity contribution in [2.75, 3.05) is 5.32 Å². The molecule has 0 fully saturated rings. The van der Waals surface area contributed by atoms with Crippen LogP contribution >= 0.6 is 23.8 Å². The number of pyridine rings is 1. The zero-order valence-electron chi connectivity index (χ0n) is 5.04. The van der Waals surface area contributed by atoms with Gasteiger partial charge in [-0.2, -0.15) is 0 Å². The Labute approximate surface area is 69.2 Å². The maximum atomic E-state index is 5.58. The molecule has 10 heavy (non-hydrogen) atoms. The second kappa shape index (κ2) is 3.49. The van der Waals surface area contributed by atoms with E-state index in [1.165, 1.54) is 5.49 Å². The Morgan fingerprint density at radius 3 is 3.00 bits per heavy atom. The zero-order chi connectivity index (χ0) is 7.40. The van der Waals surface area contributed by atoms with E-state index in [-0.39, 0.29) is 0 Å². The summed E-state index contributed by atoms with van der Waals surface area (Å²) in [5.74, 6) is 0.669. The highest BCUT2D eigenvalue weighted by atomic mass is 35.5. The summed E-state index contributed by atoms with van der Waals surface area (Å²) in [4.78, 5) is 3.92. The van der Waals surface area contributed by atoms with Crippen LogP contribution in [0.4, 0.5) is 5.82 Å². The Morgan fingerprint density at radius 1 is 1.60 bits per heavy atom. The normalized spacial score (nSPS) is 8.90. The van der Waals surface area contributed by atoms with E-state index in [0.717, 1.165) is 0 Å². The summed E-state index contributed by atoms with van der Waals surface area (Å²) in [5, 5.41) is 3.20. The molecule has 0 atom stereocenters. The predicted molar refractivity (Wildman–Crippen MR) is 46.5 cm³/mol. The SMILES string of the molecule is S=CNc1cccc(Cl)n1. The van der Waals surface area contributed by atoms with Crippen LogP contribution in [-0.2, 0) is 0 Å². The van der Waals surface area contributed by atoms with Gasteiger partial charge in [0.15, 0.2) is 0 Å². The number of anilines is 1. The molecule has 0 radical (unpaired) electrons. The molecule has 0 saturated carbocycles. The Kier molecular flexibility index (Phi) is 2.59. The average Bonchev–Trinajstić information content (AvgIpc) is 1.88. The van der Waals surface area contributed by atoms with Crippen molar-refractivity contribution in [3.05, 3.63) is 23.4 Å². The van der Waals surface area contributed by atoms with Gasteiger partial charge in [0.2, 0.25) is 0 Å². The zero-order valence-corrected chi connectivity index (χ0v) is 6.62. The van der Waals surface area contributed by atoms with Crippen LogP contribution in [0.25, 0.3) is 0 Å². The molecule has 0 amide bonds. The van der Waals surface area contributed by atoms with E-state index in [4.69, 9.17) is 11.6 Å². The topological polar surface area (TPSA) is 24.9 Å². The molecule has 0 aromatic carbocycles. The minimum atomic E-state index is 0.460. The van der Waals surface area contributed by atoms with Gasteiger partial charge in [0.25, 0.3) is 0 Å². The lowest BCUT2D eigenvalue weighted by molar-refractivity contribution is 1.33. The van der Waals surface area contributed by atoms with Gasteiger partial charge in [-0.1, -0.05) is 29.9 Å². The molecule has 1 heterocycles. The molecule has 0 unspecified atom stereocenters. The van der Waals surface area contributed by atoms with Crippen LogP contribution in [-0.4, -0.2) is 10.5 Å². The monoisotopic (exact) mass is 172 g/mol. The lowest BCUT2D eigenvalue weighted by Gasteiger charge is -1.96. The van der Waals surface area contributed by atoms with Gasteiger partial charge in [0, 0.05) is 0 Å². The molecule has 52 valence electrons. The Hall–Kier alpha value is -0.670. The largest absolute Gasteiger partial charge is 0.337 e. The first kappa shape index (κ1) is 7.44. The second-order valence-electron chi connectivity index (χ2n) is 1.61. The van der Waals surface area contributed by atoms with Gasteiger partial charge in [-0.3, -0.25) is 0 Å². The standard InChI is InChI=1S/C6H5ClN2S/c7-5-2-1-3-6(9-5)8-4-10/h1-4H,(H,8,9,10). The number of thiocarbonyl (C=S) groups is 1. The van der Waals surface area contributed by atoms with Gasteiger partial charge < -0.3 is 5.32 Å². The second-order valence-corrected chi connectivity index (χ2v) is 2.23. The number of hydrogen-bond donors (Lipinski definition) is 1. The summed E-state index contributed by atoms with van der Waals surface area (Å²) >= 11 is 10.1. The van der Waals surface area contributed by atoms with E-state index in [1.807, 2.05) is 0 Å². The van der Waals surface area contributed by atoms with E-state index in [2.05, 4.69) is 22.5 Å². The highest BCUT2D eigenvalue weighted by Crippen LogP contribution is 2.07. The molecule has 1 aromatic rings. The summed E-state index contributed by atoms with van der Waals surface area (Å²) < 4.78 is 0. The van der Waals surface area contributed by atoms with Crippen LogP contribution in [0, 0.1) is 0 Å². The fourth-order valence-electron chi connectivity index (χ4n) is 0.549. The molecule has 0 bridgehead atoms. The Balaban J connectivity index is 2.84. The average molecular weight is 173 g/mol. The van der Waals surface area contributed by atoms with Crippen molar-refractivity contribution in [3.63, 3.8) is 0 Å². The summed E-state index contributed by atoms with van der Waals surface area (Å²) in [6.07, 6.45) is 0. The van der Waals surface area contributed by atoms with Crippen LogP contribution in [0.15, 0.2) is 18.2 Å². The van der Waals surface area contributed by atoms with Crippen LogP contribution in [0.2, 0.25) is 5.15 Å². The van der Waals surface area contributed by atoms with Crippen molar-refractivity contribution >= 4 is 35.1 Å². The van der Waals surface area contributed by atoms with Crippen molar-refractivity contribution in [1.29, 1.82) is 0 Å². The van der Waals surface area contributed by atoms with E-state index in [9.17, 15) is 0 Å². The molecule has 1 N–H and O–H groups in total. The first-order valence-electron chi connectivity index (χ1n) is 2.65. The third kappa shape index (κ3) is 1.93. The predicted octanol–water partition coefficient (Wildman–Crippen LogP) is 2.10. The van der Waals surface area contributed by atoms with Gasteiger partial charge in [-0.05, 0) is 12.1 Å². The van der Waals surface area contributed by atoms with Gasteiger partial charge in [-0.15, -0.1) is 0 Å². The Bertz CT molecular complexity index is 239. The lowest BCUT2D eigenvalue weighted by atomic mass is 10.5. The molecule has 0 spiro atoms. The van der Waals surface area contributed by atoms with Gasteiger partial charge in [0.1, 0.15) is 11.0 Å². The lowest BCUT2D eigenvalue weighted by Crippen LogP contribution is -1.93. The fraction of sp³-hybridized carbons (Fsp3) is 0. The van der Waals surface area contributed by atoms with Crippen LogP contribution < -0.4 is 5.32 Å². The molecule has 0 saturated heterocycles. The summed E-state index contributed by atoms with van der Waals surface area (Å²) in [5.41, 5.74) is 1.39. The molecule has 0 aliphatic rings. The number of aromatic nitrogens is 1. The fourth-order valence-corrected chi connectivity index (χ4v) is 0.834. The van der Waals surface area contributed by atoms with Crippen molar-refractivity contribution < 1.29 is 0 Å². The third-order valence-electron chi connectivity index (χ3n) is 0.922. The molecule has 2 nitrogen and oxygen atoms in total.